The first-order valence-electron chi connectivity index (χ1n) is 16.0. The van der Waals surface area contributed by atoms with E-state index in [1.54, 1.807) is 30.6 Å². The number of hydrazine groups is 1. The van der Waals surface area contributed by atoms with Crippen LogP contribution in [0.1, 0.15) is 45.7 Å². The molecule has 1 heterocycles. The third kappa shape index (κ3) is 12.1. The van der Waals surface area contributed by atoms with Gasteiger partial charge in [-0.2, -0.15) is 0 Å². The molecule has 0 aliphatic heterocycles. The predicted molar refractivity (Wildman–Crippen MR) is 187 cm³/mol. The molecule has 5 N–H and O–H groups in total. The molecule has 0 fully saturated rings. The number of carbonyl (C=O) groups is 4. The summed E-state index contributed by atoms with van der Waals surface area (Å²) in [7, 11) is 2.44. The van der Waals surface area contributed by atoms with Crippen molar-refractivity contribution in [1.29, 1.82) is 0 Å². The van der Waals surface area contributed by atoms with Crippen molar-refractivity contribution in [3.8, 4) is 10.4 Å². The Bertz CT molecular complexity index is 1500. The first kappa shape index (κ1) is 38.9. The highest BCUT2D eigenvalue weighted by Gasteiger charge is 2.35. The van der Waals surface area contributed by atoms with Crippen LogP contribution < -0.4 is 21.4 Å². The molecule has 0 aliphatic rings. The van der Waals surface area contributed by atoms with Gasteiger partial charge in [0.15, 0.2) is 0 Å². The molecule has 0 spiro atoms. The molecule has 0 radical (unpaired) electrons. The lowest BCUT2D eigenvalue weighted by Crippen LogP contribution is -2.60. The van der Waals surface area contributed by atoms with Gasteiger partial charge in [-0.05, 0) is 34.4 Å². The van der Waals surface area contributed by atoms with Crippen LogP contribution in [-0.4, -0.2) is 84.1 Å². The first-order chi connectivity index (χ1) is 23.2. The number of ether oxygens (including phenoxy) is 2. The van der Waals surface area contributed by atoms with Crippen LogP contribution in [0.2, 0.25) is 0 Å². The van der Waals surface area contributed by atoms with Crippen LogP contribution in [0.4, 0.5) is 9.59 Å². The molecule has 13 nitrogen and oxygen atoms in total. The van der Waals surface area contributed by atoms with E-state index in [0.29, 0.717) is 0 Å². The van der Waals surface area contributed by atoms with Gasteiger partial charge >= 0.3 is 12.2 Å². The summed E-state index contributed by atoms with van der Waals surface area (Å²) in [4.78, 5) is 56.6. The number of nitrogens with one attached hydrogen (secondary N) is 4. The Hall–Kier alpha value is -4.53. The van der Waals surface area contributed by atoms with Gasteiger partial charge in [-0.25, -0.2) is 14.6 Å². The fourth-order valence-corrected chi connectivity index (χ4v) is 5.70. The van der Waals surface area contributed by atoms with Crippen molar-refractivity contribution in [2.45, 2.75) is 71.8 Å². The van der Waals surface area contributed by atoms with Crippen LogP contribution in [0.15, 0.2) is 66.3 Å². The smallest absolute Gasteiger partial charge is 0.407 e. The molecule has 4 amide bonds. The molecular weight excluding hydrogens is 648 g/mol. The number of rotatable bonds is 15. The number of benzene rings is 2. The van der Waals surface area contributed by atoms with Crippen LogP contribution in [0.5, 0.6) is 0 Å². The molecule has 3 aromatic rings. The summed E-state index contributed by atoms with van der Waals surface area (Å²) < 4.78 is 9.48. The van der Waals surface area contributed by atoms with Gasteiger partial charge < -0.3 is 30.5 Å². The maximum absolute atomic E-state index is 13.7. The number of thiazole rings is 1. The van der Waals surface area contributed by atoms with Crippen molar-refractivity contribution in [1.82, 2.24) is 31.4 Å². The third-order valence-corrected chi connectivity index (χ3v) is 8.62. The molecule has 14 heteroatoms. The topological polar surface area (TPSA) is 171 Å². The summed E-state index contributed by atoms with van der Waals surface area (Å²) in [6.07, 6.45) is -0.663. The summed E-state index contributed by atoms with van der Waals surface area (Å²) in [6, 6.07) is 14.4. The third-order valence-electron chi connectivity index (χ3n) is 7.79. The Morgan fingerprint density at radius 1 is 0.878 bits per heavy atom. The molecule has 0 saturated heterocycles. The fraction of sp³-hybridized carbons (Fsp3) is 0.457. The van der Waals surface area contributed by atoms with E-state index in [1.807, 2.05) is 75.4 Å². The molecule has 0 unspecified atom stereocenters. The quantitative estimate of drug-likeness (QED) is 0.148. The van der Waals surface area contributed by atoms with Gasteiger partial charge in [0.25, 0.3) is 5.91 Å². The Morgan fingerprint density at radius 2 is 1.51 bits per heavy atom. The van der Waals surface area contributed by atoms with Gasteiger partial charge in [0.1, 0.15) is 12.1 Å². The number of hydrogen-bond donors (Lipinski definition) is 5. The molecule has 0 saturated carbocycles. The zero-order valence-corrected chi connectivity index (χ0v) is 29.9. The summed E-state index contributed by atoms with van der Waals surface area (Å²) >= 11 is 1.52. The Kier molecular flexibility index (Phi) is 14.5. The lowest BCUT2D eigenvalue weighted by molar-refractivity contribution is -0.132. The highest BCUT2D eigenvalue weighted by molar-refractivity contribution is 7.13. The second kappa shape index (κ2) is 18.3. The summed E-state index contributed by atoms with van der Waals surface area (Å²) in [5, 5.41) is 21.4. The van der Waals surface area contributed by atoms with E-state index < -0.39 is 53.6 Å². The second-order valence-electron chi connectivity index (χ2n) is 13.1. The minimum atomic E-state index is -1.20. The Labute approximate surface area is 291 Å². The average molecular weight is 697 g/mol. The maximum Gasteiger partial charge on any atom is 0.407 e. The summed E-state index contributed by atoms with van der Waals surface area (Å²) in [5.74, 6) is -1.30. The normalized spacial score (nSPS) is 13.9. The zero-order chi connectivity index (χ0) is 36.1. The van der Waals surface area contributed by atoms with Crippen LogP contribution >= 0.6 is 11.3 Å². The second-order valence-corrected chi connectivity index (χ2v) is 14.0. The minimum absolute atomic E-state index is 0.105. The van der Waals surface area contributed by atoms with Crippen molar-refractivity contribution < 1.29 is 33.8 Å². The van der Waals surface area contributed by atoms with Crippen molar-refractivity contribution >= 4 is 35.3 Å². The van der Waals surface area contributed by atoms with E-state index in [4.69, 9.17) is 9.47 Å². The van der Waals surface area contributed by atoms with Gasteiger partial charge in [-0.3, -0.25) is 20.0 Å². The number of aliphatic hydroxyl groups excluding tert-OH is 1. The zero-order valence-electron chi connectivity index (χ0n) is 29.1. The van der Waals surface area contributed by atoms with Gasteiger partial charge in [-0.15, -0.1) is 11.3 Å². The number of methoxy groups -OCH3 is 2. The Morgan fingerprint density at radius 3 is 2.06 bits per heavy atom. The molecule has 0 aliphatic carbocycles. The van der Waals surface area contributed by atoms with Crippen LogP contribution in [0.25, 0.3) is 10.4 Å². The standard InChI is InChI=1S/C35H48N6O7S/c1-22(2)29(38-33(45)47-6)31(43)37-26(17-23-11-9-8-10-12-23)27(42)20-41(40-32(44)30(35(3,4)5)39-34(46)48-7)19-24-13-15-25(16-14-24)28-18-36-21-49-28/h8-16,18,21-22,26-27,29-30,42H,17,19-20H2,1-7H3,(H,37,43)(H,38,45)(H,39,46)(H,40,44)/t26-,27-,29-,30+/m0/s1. The summed E-state index contributed by atoms with van der Waals surface area (Å²) in [6.45, 7) is 9.08. The van der Waals surface area contributed by atoms with Crippen LogP contribution in [-0.2, 0) is 32.0 Å². The lowest BCUT2D eigenvalue weighted by Gasteiger charge is -2.35. The molecule has 0 bridgehead atoms. The van der Waals surface area contributed by atoms with Crippen molar-refractivity contribution in [3.05, 3.63) is 77.4 Å². The van der Waals surface area contributed by atoms with Gasteiger partial charge in [0.2, 0.25) is 5.91 Å². The molecule has 1 aromatic heterocycles. The number of aromatic nitrogens is 1. The summed E-state index contributed by atoms with van der Waals surface area (Å²) in [5.41, 5.74) is 6.64. The highest BCUT2D eigenvalue weighted by Crippen LogP contribution is 2.24. The predicted octanol–water partition coefficient (Wildman–Crippen LogP) is 3.88. The van der Waals surface area contributed by atoms with Gasteiger partial charge in [-0.1, -0.05) is 89.2 Å². The maximum atomic E-state index is 13.7. The van der Waals surface area contributed by atoms with E-state index in [2.05, 4.69) is 26.4 Å². The van der Waals surface area contributed by atoms with E-state index in [9.17, 15) is 24.3 Å². The minimum Gasteiger partial charge on any atom is -0.453 e. The molecule has 266 valence electrons. The Balaban J connectivity index is 1.92. The first-order valence-corrected chi connectivity index (χ1v) is 16.8. The molecular formula is C35H48N6O7S. The van der Waals surface area contributed by atoms with Gasteiger partial charge in [0, 0.05) is 19.3 Å². The largest absolute Gasteiger partial charge is 0.453 e. The van der Waals surface area contributed by atoms with Crippen molar-refractivity contribution in [3.63, 3.8) is 0 Å². The van der Waals surface area contributed by atoms with E-state index >= 15 is 0 Å². The number of aliphatic hydroxyl groups is 1. The van der Waals surface area contributed by atoms with E-state index in [-0.39, 0.29) is 25.4 Å². The highest BCUT2D eigenvalue weighted by atomic mass is 32.1. The number of carbonyl (C=O) groups excluding carboxylic acids is 4. The van der Waals surface area contributed by atoms with Gasteiger partial charge in [0.05, 0.1) is 36.8 Å². The lowest BCUT2D eigenvalue weighted by atomic mass is 9.86. The number of hydrogen-bond acceptors (Lipinski definition) is 10. The van der Waals surface area contributed by atoms with E-state index in [0.717, 1.165) is 21.6 Å². The van der Waals surface area contributed by atoms with Crippen LogP contribution in [0, 0.1) is 11.3 Å². The van der Waals surface area contributed by atoms with Crippen molar-refractivity contribution in [2.75, 3.05) is 20.8 Å². The number of amides is 4. The fourth-order valence-electron chi connectivity index (χ4n) is 5.07. The van der Waals surface area contributed by atoms with Crippen molar-refractivity contribution in [2.24, 2.45) is 11.3 Å². The number of nitrogens with zero attached hydrogens (tertiary/aromatic N) is 2. The molecule has 2 aromatic carbocycles. The molecule has 3 rings (SSSR count). The number of alkyl carbamates (subject to hydrolysis) is 2. The van der Waals surface area contributed by atoms with E-state index in [1.165, 1.54) is 25.6 Å². The average Bonchev–Trinajstić information content (AvgIpc) is 3.60. The molecule has 4 atom stereocenters. The SMILES string of the molecule is COC(=O)N[C@H](C(=O)N[C@@H](Cc1ccccc1)[C@@H](O)CN(Cc1ccc(-c2cncs2)cc1)NC(=O)[C@@H](NC(=O)OC)C(C)(C)C)C(C)C. The molecule has 49 heavy (non-hydrogen) atoms. The van der Waals surface area contributed by atoms with Crippen LogP contribution in [0.3, 0.4) is 0 Å². The monoisotopic (exact) mass is 696 g/mol.